The van der Waals surface area contributed by atoms with Crippen LogP contribution in [0.4, 0.5) is 5.69 Å². The topological polar surface area (TPSA) is 75.8 Å². The Labute approximate surface area is 69.2 Å². The first-order valence-corrected chi connectivity index (χ1v) is 4.08. The molecule has 0 saturated carbocycles. The minimum atomic E-state index is -0.178. The molecule has 58 valence electrons. The molecule has 0 aliphatic rings. The lowest BCUT2D eigenvalue weighted by Gasteiger charge is -2.01. The van der Waals surface area contributed by atoms with Crippen LogP contribution < -0.4 is 11.5 Å². The van der Waals surface area contributed by atoms with Crippen molar-refractivity contribution in [3.8, 4) is 6.07 Å². The lowest BCUT2D eigenvalue weighted by atomic mass is 10.2. The third kappa shape index (κ3) is 1.93. The highest BCUT2D eigenvalue weighted by atomic mass is 32.1. The molecule has 1 unspecified atom stereocenters. The number of thiophene rings is 1. The molecule has 0 fully saturated rings. The van der Waals surface area contributed by atoms with Crippen LogP contribution in [0.2, 0.25) is 0 Å². The Morgan fingerprint density at radius 3 is 2.91 bits per heavy atom. The summed E-state index contributed by atoms with van der Waals surface area (Å²) in [5.74, 6) is 0. The molecule has 0 aliphatic carbocycles. The van der Waals surface area contributed by atoms with Crippen molar-refractivity contribution in [1.82, 2.24) is 0 Å². The average molecular weight is 167 g/mol. The van der Waals surface area contributed by atoms with Gasteiger partial charge in [0.15, 0.2) is 0 Å². The van der Waals surface area contributed by atoms with Gasteiger partial charge in [-0.1, -0.05) is 0 Å². The van der Waals surface area contributed by atoms with Crippen LogP contribution in [0.3, 0.4) is 0 Å². The average Bonchev–Trinajstić information content (AvgIpc) is 2.36. The molecule has 1 aromatic rings. The van der Waals surface area contributed by atoms with Crippen molar-refractivity contribution in [3.05, 3.63) is 16.3 Å². The standard InChI is InChI=1S/C7H9N3S/c8-2-1-6(10)7-3-5(9)4-11-7/h3-4,6H,1,9-10H2. The van der Waals surface area contributed by atoms with E-state index in [0.717, 1.165) is 10.6 Å². The zero-order chi connectivity index (χ0) is 8.27. The van der Waals surface area contributed by atoms with Gasteiger partial charge in [-0.3, -0.25) is 0 Å². The maximum atomic E-state index is 8.35. The summed E-state index contributed by atoms with van der Waals surface area (Å²) in [6.45, 7) is 0. The van der Waals surface area contributed by atoms with Crippen LogP contribution in [0.5, 0.6) is 0 Å². The molecule has 4 N–H and O–H groups in total. The molecule has 0 radical (unpaired) electrons. The Bertz CT molecular complexity index is 273. The summed E-state index contributed by atoms with van der Waals surface area (Å²) in [6, 6.07) is 3.65. The number of nitriles is 1. The molecule has 0 spiro atoms. The molecule has 1 rings (SSSR count). The summed E-state index contributed by atoms with van der Waals surface area (Å²) in [7, 11) is 0. The Balaban J connectivity index is 2.70. The van der Waals surface area contributed by atoms with Gasteiger partial charge in [0.25, 0.3) is 0 Å². The predicted octanol–water partition coefficient (Wildman–Crippen LogP) is 1.24. The van der Waals surface area contributed by atoms with Gasteiger partial charge in [0.05, 0.1) is 18.5 Å². The van der Waals surface area contributed by atoms with Gasteiger partial charge in [0.1, 0.15) is 0 Å². The minimum Gasteiger partial charge on any atom is -0.398 e. The van der Waals surface area contributed by atoms with Gasteiger partial charge < -0.3 is 11.5 Å². The van der Waals surface area contributed by atoms with Gasteiger partial charge in [0, 0.05) is 15.9 Å². The number of nitrogen functional groups attached to an aromatic ring is 1. The van der Waals surface area contributed by atoms with Gasteiger partial charge in [-0.05, 0) is 6.07 Å². The summed E-state index contributed by atoms with van der Waals surface area (Å²) in [6.07, 6.45) is 0.347. The van der Waals surface area contributed by atoms with E-state index in [4.69, 9.17) is 16.7 Å². The Morgan fingerprint density at radius 2 is 2.45 bits per heavy atom. The van der Waals surface area contributed by atoms with Gasteiger partial charge in [0.2, 0.25) is 0 Å². The second-order valence-corrected chi connectivity index (χ2v) is 3.19. The van der Waals surface area contributed by atoms with Crippen LogP contribution in [-0.4, -0.2) is 0 Å². The third-order valence-corrected chi connectivity index (χ3v) is 2.40. The first-order valence-electron chi connectivity index (χ1n) is 3.20. The van der Waals surface area contributed by atoms with Crippen molar-refractivity contribution in [2.45, 2.75) is 12.5 Å². The summed E-state index contributed by atoms with van der Waals surface area (Å²) in [5, 5.41) is 10.2. The molecule has 0 saturated heterocycles. The van der Waals surface area contributed by atoms with Crippen molar-refractivity contribution in [2.24, 2.45) is 5.73 Å². The molecule has 0 aliphatic heterocycles. The molecule has 3 nitrogen and oxygen atoms in total. The normalized spacial score (nSPS) is 12.4. The lowest BCUT2D eigenvalue weighted by molar-refractivity contribution is 0.765. The maximum absolute atomic E-state index is 8.35. The second kappa shape index (κ2) is 3.37. The number of anilines is 1. The van der Waals surface area contributed by atoms with E-state index in [1.54, 1.807) is 0 Å². The lowest BCUT2D eigenvalue weighted by Crippen LogP contribution is -2.06. The predicted molar refractivity (Wildman–Crippen MR) is 45.9 cm³/mol. The number of rotatable bonds is 2. The van der Waals surface area contributed by atoms with E-state index in [2.05, 4.69) is 0 Å². The largest absolute Gasteiger partial charge is 0.398 e. The molecule has 4 heteroatoms. The Kier molecular flexibility index (Phi) is 2.47. The highest BCUT2D eigenvalue weighted by Gasteiger charge is 2.06. The van der Waals surface area contributed by atoms with Crippen LogP contribution in [0.1, 0.15) is 17.3 Å². The smallest absolute Gasteiger partial charge is 0.0642 e. The monoisotopic (exact) mass is 167 g/mol. The molecule has 0 aromatic carbocycles. The zero-order valence-corrected chi connectivity index (χ0v) is 6.77. The van der Waals surface area contributed by atoms with Gasteiger partial charge >= 0.3 is 0 Å². The van der Waals surface area contributed by atoms with Crippen LogP contribution in [0.15, 0.2) is 11.4 Å². The van der Waals surface area contributed by atoms with E-state index in [9.17, 15) is 0 Å². The molecule has 0 amide bonds. The molecule has 11 heavy (non-hydrogen) atoms. The molecular formula is C7H9N3S. The van der Waals surface area contributed by atoms with Gasteiger partial charge in [-0.2, -0.15) is 5.26 Å². The van der Waals surface area contributed by atoms with Crippen molar-refractivity contribution >= 4 is 17.0 Å². The van der Waals surface area contributed by atoms with E-state index in [1.807, 2.05) is 17.5 Å². The van der Waals surface area contributed by atoms with Crippen molar-refractivity contribution in [2.75, 3.05) is 5.73 Å². The van der Waals surface area contributed by atoms with E-state index in [1.165, 1.54) is 11.3 Å². The Morgan fingerprint density at radius 1 is 1.73 bits per heavy atom. The quantitative estimate of drug-likeness (QED) is 0.695. The fourth-order valence-electron chi connectivity index (χ4n) is 0.762. The van der Waals surface area contributed by atoms with Crippen molar-refractivity contribution < 1.29 is 0 Å². The van der Waals surface area contributed by atoms with Crippen molar-refractivity contribution in [1.29, 1.82) is 5.26 Å². The van der Waals surface area contributed by atoms with Gasteiger partial charge in [-0.15, -0.1) is 11.3 Å². The highest BCUT2D eigenvalue weighted by molar-refractivity contribution is 7.10. The summed E-state index contributed by atoms with van der Waals surface area (Å²) < 4.78 is 0. The summed E-state index contributed by atoms with van der Waals surface area (Å²) in [5.41, 5.74) is 11.9. The molecule has 0 bridgehead atoms. The van der Waals surface area contributed by atoms with Gasteiger partial charge in [-0.25, -0.2) is 0 Å². The minimum absolute atomic E-state index is 0.178. The van der Waals surface area contributed by atoms with Crippen molar-refractivity contribution in [3.63, 3.8) is 0 Å². The number of nitrogens with zero attached hydrogens (tertiary/aromatic N) is 1. The molecule has 1 heterocycles. The van der Waals surface area contributed by atoms with Crippen LogP contribution in [0, 0.1) is 11.3 Å². The second-order valence-electron chi connectivity index (χ2n) is 2.25. The third-order valence-electron chi connectivity index (χ3n) is 1.32. The number of nitrogens with two attached hydrogens (primary N) is 2. The number of hydrogen-bond acceptors (Lipinski definition) is 4. The van der Waals surface area contributed by atoms with Crippen LogP contribution >= 0.6 is 11.3 Å². The maximum Gasteiger partial charge on any atom is 0.0642 e. The molecule has 1 atom stereocenters. The van der Waals surface area contributed by atoms with E-state index in [0.29, 0.717) is 6.42 Å². The summed E-state index contributed by atoms with van der Waals surface area (Å²) in [4.78, 5) is 0.976. The first kappa shape index (κ1) is 8.05. The molecule has 1 aromatic heterocycles. The molecular weight excluding hydrogens is 158 g/mol. The van der Waals surface area contributed by atoms with E-state index >= 15 is 0 Å². The summed E-state index contributed by atoms with van der Waals surface area (Å²) >= 11 is 1.50. The zero-order valence-electron chi connectivity index (χ0n) is 5.95. The highest BCUT2D eigenvalue weighted by Crippen LogP contribution is 2.23. The van der Waals surface area contributed by atoms with Crippen LogP contribution in [0.25, 0.3) is 0 Å². The van der Waals surface area contributed by atoms with E-state index in [-0.39, 0.29) is 6.04 Å². The number of hydrogen-bond donors (Lipinski definition) is 2. The SMILES string of the molecule is N#CCC(N)c1cc(N)cs1. The van der Waals surface area contributed by atoms with E-state index < -0.39 is 0 Å². The fraction of sp³-hybridized carbons (Fsp3) is 0.286. The van der Waals surface area contributed by atoms with Crippen LogP contribution in [-0.2, 0) is 0 Å². The fourth-order valence-corrected chi connectivity index (χ4v) is 1.56. The Hall–Kier alpha value is -1.05. The first-order chi connectivity index (χ1) is 5.24.